The highest BCUT2D eigenvalue weighted by molar-refractivity contribution is 9.10. The van der Waals surface area contributed by atoms with Gasteiger partial charge in [-0.2, -0.15) is 0 Å². The molecule has 1 N–H and O–H groups in total. The van der Waals surface area contributed by atoms with Crippen LogP contribution in [0.15, 0.2) is 37.8 Å². The fourth-order valence-electron chi connectivity index (χ4n) is 1.68. The van der Waals surface area contributed by atoms with Crippen molar-refractivity contribution >= 4 is 15.9 Å². The van der Waals surface area contributed by atoms with E-state index >= 15 is 0 Å². The van der Waals surface area contributed by atoms with Crippen molar-refractivity contribution in [1.29, 1.82) is 0 Å². The van der Waals surface area contributed by atoms with E-state index in [-0.39, 0.29) is 6.04 Å². The van der Waals surface area contributed by atoms with Crippen LogP contribution >= 0.6 is 15.9 Å². The van der Waals surface area contributed by atoms with Crippen molar-refractivity contribution in [2.45, 2.75) is 12.6 Å². The molecule has 2 rings (SSSR count). The molecule has 0 spiro atoms. The molecule has 17 heavy (non-hydrogen) atoms. The Balaban J connectivity index is 2.22. The molecular formula is C12H14BrNO3. The molecule has 0 aliphatic heterocycles. The zero-order valence-electron chi connectivity index (χ0n) is 9.70. The SMILES string of the molecule is CNC(c1ccc(Br)o1)c1ccc(COC)o1. The summed E-state index contributed by atoms with van der Waals surface area (Å²) in [5.41, 5.74) is 0. The standard InChI is InChI=1S/C12H14BrNO3/c1-14-12(10-5-6-11(13)17-10)9-4-3-8(16-9)7-15-2/h3-6,12,14H,7H2,1-2H3. The Kier molecular flexibility index (Phi) is 4.04. The van der Waals surface area contributed by atoms with Crippen molar-refractivity contribution in [3.8, 4) is 0 Å². The van der Waals surface area contributed by atoms with E-state index in [0.29, 0.717) is 11.3 Å². The van der Waals surface area contributed by atoms with E-state index in [2.05, 4.69) is 21.2 Å². The van der Waals surface area contributed by atoms with E-state index in [0.717, 1.165) is 17.3 Å². The van der Waals surface area contributed by atoms with Crippen LogP contribution in [0.25, 0.3) is 0 Å². The van der Waals surface area contributed by atoms with Gasteiger partial charge >= 0.3 is 0 Å². The van der Waals surface area contributed by atoms with Gasteiger partial charge in [0.2, 0.25) is 0 Å². The van der Waals surface area contributed by atoms with Gasteiger partial charge in [-0.25, -0.2) is 0 Å². The van der Waals surface area contributed by atoms with Crippen LogP contribution < -0.4 is 5.32 Å². The summed E-state index contributed by atoms with van der Waals surface area (Å²) >= 11 is 3.29. The first kappa shape index (κ1) is 12.4. The van der Waals surface area contributed by atoms with E-state index in [1.807, 2.05) is 31.3 Å². The molecule has 1 unspecified atom stereocenters. The normalized spacial score (nSPS) is 12.9. The summed E-state index contributed by atoms with van der Waals surface area (Å²) in [5.74, 6) is 2.41. The second-order valence-corrected chi connectivity index (χ2v) is 4.38. The van der Waals surface area contributed by atoms with Gasteiger partial charge in [0.25, 0.3) is 0 Å². The van der Waals surface area contributed by atoms with Crippen molar-refractivity contribution < 1.29 is 13.6 Å². The molecule has 2 aromatic rings. The lowest BCUT2D eigenvalue weighted by Crippen LogP contribution is -2.16. The molecule has 2 heterocycles. The summed E-state index contributed by atoms with van der Waals surface area (Å²) in [7, 11) is 3.50. The highest BCUT2D eigenvalue weighted by Gasteiger charge is 2.19. The van der Waals surface area contributed by atoms with Gasteiger partial charge in [-0.1, -0.05) is 0 Å². The van der Waals surface area contributed by atoms with Crippen molar-refractivity contribution in [2.75, 3.05) is 14.2 Å². The summed E-state index contributed by atoms with van der Waals surface area (Å²) in [4.78, 5) is 0. The molecule has 92 valence electrons. The minimum atomic E-state index is -0.0908. The van der Waals surface area contributed by atoms with Crippen LogP contribution in [0.4, 0.5) is 0 Å². The number of halogens is 1. The van der Waals surface area contributed by atoms with Crippen LogP contribution in [0.3, 0.4) is 0 Å². The molecule has 1 atom stereocenters. The van der Waals surface area contributed by atoms with Crippen LogP contribution in [0, 0.1) is 0 Å². The van der Waals surface area contributed by atoms with E-state index in [9.17, 15) is 0 Å². The monoisotopic (exact) mass is 299 g/mol. The van der Waals surface area contributed by atoms with Crippen LogP contribution in [-0.2, 0) is 11.3 Å². The molecule has 0 fully saturated rings. The molecule has 0 amide bonds. The van der Waals surface area contributed by atoms with E-state index in [1.54, 1.807) is 7.11 Å². The lowest BCUT2D eigenvalue weighted by atomic mass is 10.2. The summed E-state index contributed by atoms with van der Waals surface area (Å²) in [6, 6.07) is 7.50. The molecule has 2 aromatic heterocycles. The molecule has 0 bridgehead atoms. The topological polar surface area (TPSA) is 47.5 Å². The number of nitrogens with one attached hydrogen (secondary N) is 1. The second-order valence-electron chi connectivity index (χ2n) is 3.60. The Bertz CT molecular complexity index is 478. The summed E-state index contributed by atoms with van der Waals surface area (Å²) < 4.78 is 16.9. The van der Waals surface area contributed by atoms with E-state index in [4.69, 9.17) is 13.6 Å². The number of hydrogen-bond acceptors (Lipinski definition) is 4. The van der Waals surface area contributed by atoms with Crippen molar-refractivity contribution in [2.24, 2.45) is 0 Å². The van der Waals surface area contributed by atoms with Gasteiger partial charge in [0.15, 0.2) is 4.67 Å². The summed E-state index contributed by atoms with van der Waals surface area (Å²) in [5, 5.41) is 3.15. The molecule has 0 saturated heterocycles. The molecule has 0 saturated carbocycles. The molecule has 0 aromatic carbocycles. The van der Waals surface area contributed by atoms with Crippen molar-refractivity contribution in [3.05, 3.63) is 46.2 Å². The van der Waals surface area contributed by atoms with Crippen LogP contribution in [-0.4, -0.2) is 14.2 Å². The zero-order valence-corrected chi connectivity index (χ0v) is 11.3. The largest absolute Gasteiger partial charge is 0.461 e. The maximum absolute atomic E-state index is 5.68. The predicted octanol–water partition coefficient (Wildman–Crippen LogP) is 3.09. The Labute approximate surface area is 108 Å². The Morgan fingerprint density at radius 2 is 1.94 bits per heavy atom. The minimum Gasteiger partial charge on any atom is -0.461 e. The zero-order chi connectivity index (χ0) is 12.3. The van der Waals surface area contributed by atoms with Crippen molar-refractivity contribution in [3.63, 3.8) is 0 Å². The highest BCUT2D eigenvalue weighted by atomic mass is 79.9. The summed E-state index contributed by atoms with van der Waals surface area (Å²) in [6.45, 7) is 0.471. The van der Waals surface area contributed by atoms with Gasteiger partial charge in [0.1, 0.15) is 29.9 Å². The Morgan fingerprint density at radius 1 is 1.24 bits per heavy atom. The van der Waals surface area contributed by atoms with Crippen LogP contribution in [0.2, 0.25) is 0 Å². The number of furan rings is 2. The minimum absolute atomic E-state index is 0.0908. The number of ether oxygens (including phenoxy) is 1. The second kappa shape index (κ2) is 5.53. The van der Waals surface area contributed by atoms with Gasteiger partial charge in [0, 0.05) is 7.11 Å². The lowest BCUT2D eigenvalue weighted by Gasteiger charge is -2.10. The molecule has 0 aliphatic carbocycles. The maximum atomic E-state index is 5.68. The number of methoxy groups -OCH3 is 1. The third-order valence-electron chi connectivity index (χ3n) is 2.42. The maximum Gasteiger partial charge on any atom is 0.169 e. The van der Waals surface area contributed by atoms with E-state index in [1.165, 1.54) is 0 Å². The van der Waals surface area contributed by atoms with Gasteiger partial charge in [-0.15, -0.1) is 0 Å². The van der Waals surface area contributed by atoms with Gasteiger partial charge in [-0.05, 0) is 47.2 Å². The molecule has 0 aliphatic rings. The molecule has 4 nitrogen and oxygen atoms in total. The Morgan fingerprint density at radius 3 is 2.53 bits per heavy atom. The fourth-order valence-corrected chi connectivity index (χ4v) is 2.00. The van der Waals surface area contributed by atoms with Gasteiger partial charge in [0.05, 0.1) is 0 Å². The van der Waals surface area contributed by atoms with Crippen LogP contribution in [0.5, 0.6) is 0 Å². The highest BCUT2D eigenvalue weighted by Crippen LogP contribution is 2.27. The smallest absolute Gasteiger partial charge is 0.169 e. The van der Waals surface area contributed by atoms with E-state index < -0.39 is 0 Å². The quantitative estimate of drug-likeness (QED) is 0.922. The first-order valence-electron chi connectivity index (χ1n) is 5.24. The first-order chi connectivity index (χ1) is 8.24. The molecular weight excluding hydrogens is 286 g/mol. The van der Waals surface area contributed by atoms with Crippen LogP contribution in [0.1, 0.15) is 23.3 Å². The fraction of sp³-hybridized carbons (Fsp3) is 0.333. The molecule has 5 heteroatoms. The van der Waals surface area contributed by atoms with Gasteiger partial charge < -0.3 is 18.9 Å². The lowest BCUT2D eigenvalue weighted by molar-refractivity contribution is 0.161. The Hall–Kier alpha value is -1.04. The average molecular weight is 300 g/mol. The third-order valence-corrected chi connectivity index (χ3v) is 2.85. The van der Waals surface area contributed by atoms with Gasteiger partial charge in [-0.3, -0.25) is 0 Å². The first-order valence-corrected chi connectivity index (χ1v) is 6.04. The average Bonchev–Trinajstić information content (AvgIpc) is 2.91. The van der Waals surface area contributed by atoms with Crippen molar-refractivity contribution in [1.82, 2.24) is 5.32 Å². The third kappa shape index (κ3) is 2.80. The number of rotatable bonds is 5. The predicted molar refractivity (Wildman–Crippen MR) is 66.7 cm³/mol. The number of hydrogen-bond donors (Lipinski definition) is 1. The molecule has 0 radical (unpaired) electrons. The summed E-state index contributed by atoms with van der Waals surface area (Å²) in [6.07, 6.45) is 0.